The lowest BCUT2D eigenvalue weighted by atomic mass is 9.99. The topological polar surface area (TPSA) is 50.4 Å². The average Bonchev–Trinajstić information content (AvgIpc) is 2.63. The van der Waals surface area contributed by atoms with Crippen LogP contribution in [0.25, 0.3) is 11.1 Å². The van der Waals surface area contributed by atoms with Gasteiger partial charge in [-0.05, 0) is 67.7 Å². The first-order valence-corrected chi connectivity index (χ1v) is 9.11. The van der Waals surface area contributed by atoms with Crippen LogP contribution < -0.4 is 10.6 Å². The maximum absolute atomic E-state index is 13.7. The van der Waals surface area contributed by atoms with Gasteiger partial charge in [0.25, 0.3) is 0 Å². The minimum Gasteiger partial charge on any atom is -0.449 e. The molecule has 6 heteroatoms. The lowest BCUT2D eigenvalue weighted by Gasteiger charge is -2.22. The van der Waals surface area contributed by atoms with Crippen molar-refractivity contribution in [2.24, 2.45) is 5.92 Å². The number of carbonyl (C=O) groups is 1. The molecular weight excluding hydrogens is 387 g/mol. The van der Waals surface area contributed by atoms with Crippen LogP contribution in [0.1, 0.15) is 12.8 Å². The molecule has 2 aromatic rings. The number of ether oxygens (including phenoxy) is 1. The van der Waals surface area contributed by atoms with Crippen molar-refractivity contribution in [3.63, 3.8) is 0 Å². The predicted octanol–water partition coefficient (Wildman–Crippen LogP) is 4.80. The van der Waals surface area contributed by atoms with Crippen molar-refractivity contribution in [1.82, 2.24) is 5.32 Å². The van der Waals surface area contributed by atoms with Gasteiger partial charge in [0.2, 0.25) is 0 Å². The normalized spacial score (nSPS) is 15.0. The zero-order valence-electron chi connectivity index (χ0n) is 13.7. The van der Waals surface area contributed by atoms with Crippen LogP contribution in [0.5, 0.6) is 0 Å². The van der Waals surface area contributed by atoms with Crippen LogP contribution in [0, 0.1) is 11.7 Å². The van der Waals surface area contributed by atoms with Crippen LogP contribution in [0.2, 0.25) is 0 Å². The van der Waals surface area contributed by atoms with E-state index >= 15 is 0 Å². The van der Waals surface area contributed by atoms with E-state index in [0.717, 1.165) is 36.0 Å². The minimum absolute atomic E-state index is 0.355. The molecule has 1 fully saturated rings. The van der Waals surface area contributed by atoms with E-state index in [4.69, 9.17) is 4.74 Å². The van der Waals surface area contributed by atoms with E-state index < -0.39 is 6.09 Å². The van der Waals surface area contributed by atoms with E-state index in [1.165, 1.54) is 12.1 Å². The Bertz CT molecular complexity index is 731. The molecule has 0 saturated carbocycles. The van der Waals surface area contributed by atoms with Gasteiger partial charge in [0, 0.05) is 10.0 Å². The number of carbonyl (C=O) groups excluding carboxylic acids is 1. The minimum atomic E-state index is -0.511. The summed E-state index contributed by atoms with van der Waals surface area (Å²) in [5.41, 5.74) is 1.96. The van der Waals surface area contributed by atoms with Crippen LogP contribution in [0.3, 0.4) is 0 Å². The van der Waals surface area contributed by atoms with Gasteiger partial charge in [0.05, 0.1) is 12.3 Å². The molecule has 4 nitrogen and oxygen atoms in total. The van der Waals surface area contributed by atoms with Crippen molar-refractivity contribution < 1.29 is 13.9 Å². The first-order chi connectivity index (χ1) is 12.1. The Balaban J connectivity index is 1.69. The second-order valence-electron chi connectivity index (χ2n) is 6.11. The predicted molar refractivity (Wildman–Crippen MR) is 100 cm³/mol. The largest absolute Gasteiger partial charge is 0.449 e. The number of hydrogen-bond donors (Lipinski definition) is 2. The van der Waals surface area contributed by atoms with Crippen LogP contribution in [-0.4, -0.2) is 25.8 Å². The highest BCUT2D eigenvalue weighted by molar-refractivity contribution is 9.10. The third kappa shape index (κ3) is 5.03. The van der Waals surface area contributed by atoms with Gasteiger partial charge >= 0.3 is 6.09 Å². The highest BCUT2D eigenvalue weighted by Crippen LogP contribution is 2.30. The van der Waals surface area contributed by atoms with Gasteiger partial charge in [0.1, 0.15) is 5.82 Å². The standard InChI is InChI=1S/C19H20BrFN2O2/c20-15-3-1-14(2-4-15)17-11-16(21)5-6-18(17)23-19(24)25-12-13-7-9-22-10-8-13/h1-6,11,13,22H,7-10,12H2,(H,23,24). The highest BCUT2D eigenvalue weighted by Gasteiger charge is 2.16. The molecule has 1 aliphatic heterocycles. The molecule has 0 radical (unpaired) electrons. The summed E-state index contributed by atoms with van der Waals surface area (Å²) >= 11 is 3.38. The lowest BCUT2D eigenvalue weighted by molar-refractivity contribution is 0.131. The first-order valence-electron chi connectivity index (χ1n) is 8.32. The maximum atomic E-state index is 13.7. The summed E-state index contributed by atoms with van der Waals surface area (Å²) < 4.78 is 20.0. The molecule has 0 atom stereocenters. The summed E-state index contributed by atoms with van der Waals surface area (Å²) in [5, 5.41) is 6.02. The van der Waals surface area contributed by atoms with Crippen LogP contribution in [-0.2, 0) is 4.74 Å². The fourth-order valence-electron chi connectivity index (χ4n) is 2.88. The summed E-state index contributed by atoms with van der Waals surface area (Å²) in [4.78, 5) is 12.1. The number of nitrogens with one attached hydrogen (secondary N) is 2. The molecular formula is C19H20BrFN2O2. The lowest BCUT2D eigenvalue weighted by Crippen LogP contribution is -2.31. The van der Waals surface area contributed by atoms with E-state index in [2.05, 4.69) is 26.6 Å². The number of piperidine rings is 1. The van der Waals surface area contributed by atoms with Crippen molar-refractivity contribution in [1.29, 1.82) is 0 Å². The average molecular weight is 407 g/mol. The van der Waals surface area contributed by atoms with Crippen molar-refractivity contribution in [2.75, 3.05) is 25.0 Å². The van der Waals surface area contributed by atoms with E-state index in [-0.39, 0.29) is 5.82 Å². The summed E-state index contributed by atoms with van der Waals surface area (Å²) in [5.74, 6) is 0.0395. The van der Waals surface area contributed by atoms with Crippen LogP contribution in [0.4, 0.5) is 14.9 Å². The highest BCUT2D eigenvalue weighted by atomic mass is 79.9. The van der Waals surface area contributed by atoms with Gasteiger partial charge < -0.3 is 10.1 Å². The van der Waals surface area contributed by atoms with Gasteiger partial charge in [0.15, 0.2) is 0 Å². The Hall–Kier alpha value is -1.92. The van der Waals surface area contributed by atoms with E-state index in [1.807, 2.05) is 24.3 Å². The molecule has 0 bridgehead atoms. The molecule has 2 aromatic carbocycles. The number of hydrogen-bond acceptors (Lipinski definition) is 3. The van der Waals surface area contributed by atoms with Crippen molar-refractivity contribution in [3.05, 3.63) is 52.8 Å². The van der Waals surface area contributed by atoms with E-state index in [1.54, 1.807) is 6.07 Å². The van der Waals surface area contributed by atoms with Crippen LogP contribution in [0.15, 0.2) is 46.9 Å². The molecule has 25 heavy (non-hydrogen) atoms. The monoisotopic (exact) mass is 406 g/mol. The quantitative estimate of drug-likeness (QED) is 0.766. The maximum Gasteiger partial charge on any atom is 0.411 e. The van der Waals surface area contributed by atoms with Gasteiger partial charge in [-0.1, -0.05) is 28.1 Å². The molecule has 1 amide bonds. The summed E-state index contributed by atoms with van der Waals surface area (Å²) in [6.07, 6.45) is 1.51. The molecule has 1 saturated heterocycles. The van der Waals surface area contributed by atoms with E-state index in [9.17, 15) is 9.18 Å². The molecule has 0 aromatic heterocycles. The molecule has 1 heterocycles. The third-order valence-electron chi connectivity index (χ3n) is 4.28. The zero-order valence-corrected chi connectivity index (χ0v) is 15.3. The second-order valence-corrected chi connectivity index (χ2v) is 7.03. The van der Waals surface area contributed by atoms with Gasteiger partial charge in [-0.25, -0.2) is 9.18 Å². The van der Waals surface area contributed by atoms with E-state index in [0.29, 0.717) is 23.8 Å². The number of rotatable bonds is 4. The summed E-state index contributed by atoms with van der Waals surface area (Å²) in [6.45, 7) is 2.32. The molecule has 0 aliphatic carbocycles. The molecule has 132 valence electrons. The zero-order chi connectivity index (χ0) is 17.6. The molecule has 1 aliphatic rings. The Morgan fingerprint density at radius 3 is 2.64 bits per heavy atom. The second kappa shape index (κ2) is 8.45. The fourth-order valence-corrected chi connectivity index (χ4v) is 3.15. The SMILES string of the molecule is O=C(Nc1ccc(F)cc1-c1ccc(Br)cc1)OCC1CCNCC1. The number of halogens is 2. The van der Waals surface area contributed by atoms with Crippen molar-refractivity contribution in [3.8, 4) is 11.1 Å². The Kier molecular flexibility index (Phi) is 6.04. The molecule has 3 rings (SSSR count). The molecule has 0 spiro atoms. The number of anilines is 1. The fraction of sp³-hybridized carbons (Fsp3) is 0.316. The summed E-state index contributed by atoms with van der Waals surface area (Å²) in [7, 11) is 0. The van der Waals surface area contributed by atoms with Gasteiger partial charge in [-0.3, -0.25) is 5.32 Å². The van der Waals surface area contributed by atoms with Gasteiger partial charge in [-0.2, -0.15) is 0 Å². The van der Waals surface area contributed by atoms with Crippen LogP contribution >= 0.6 is 15.9 Å². The van der Waals surface area contributed by atoms with Crippen molar-refractivity contribution in [2.45, 2.75) is 12.8 Å². The Labute approximate surface area is 154 Å². The number of amides is 1. The Morgan fingerprint density at radius 2 is 1.92 bits per heavy atom. The number of benzene rings is 2. The van der Waals surface area contributed by atoms with Gasteiger partial charge in [-0.15, -0.1) is 0 Å². The first kappa shape index (κ1) is 17.9. The summed E-state index contributed by atoms with van der Waals surface area (Å²) in [6, 6.07) is 11.8. The molecule has 0 unspecified atom stereocenters. The molecule has 2 N–H and O–H groups in total. The Morgan fingerprint density at radius 1 is 1.20 bits per heavy atom. The smallest absolute Gasteiger partial charge is 0.411 e. The third-order valence-corrected chi connectivity index (χ3v) is 4.81. The van der Waals surface area contributed by atoms with Crippen molar-refractivity contribution >= 4 is 27.7 Å².